The third kappa shape index (κ3) is 3.74. The van der Waals surface area contributed by atoms with Crippen molar-refractivity contribution in [2.45, 2.75) is 43.7 Å². The molecule has 0 amide bonds. The van der Waals surface area contributed by atoms with Crippen molar-refractivity contribution in [2.75, 3.05) is 39.9 Å². The van der Waals surface area contributed by atoms with Gasteiger partial charge in [-0.15, -0.1) is 0 Å². The average Bonchev–Trinajstić information content (AvgIpc) is 3.64. The van der Waals surface area contributed by atoms with E-state index in [1.807, 2.05) is 0 Å². The molecule has 2 aliphatic heterocycles. The predicted molar refractivity (Wildman–Crippen MR) is 136 cm³/mol. The Morgan fingerprint density at radius 3 is 2.50 bits per heavy atom. The zero-order valence-corrected chi connectivity index (χ0v) is 20.5. The van der Waals surface area contributed by atoms with E-state index < -0.39 is 0 Å². The Balaban J connectivity index is 1.45. The van der Waals surface area contributed by atoms with Crippen LogP contribution in [0, 0.1) is 5.92 Å². The van der Waals surface area contributed by atoms with Crippen LogP contribution in [0.3, 0.4) is 0 Å². The second kappa shape index (κ2) is 8.71. The van der Waals surface area contributed by atoms with Crippen molar-refractivity contribution in [3.63, 3.8) is 0 Å². The molecule has 1 atom stereocenters. The van der Waals surface area contributed by atoms with Crippen LogP contribution < -0.4 is 4.74 Å². The third-order valence-corrected chi connectivity index (χ3v) is 8.67. The molecule has 1 aliphatic carbocycles. The Morgan fingerprint density at radius 2 is 1.82 bits per heavy atom. The monoisotopic (exact) mass is 459 g/mol. The highest BCUT2D eigenvalue weighted by Crippen LogP contribution is 2.50. The number of aromatic nitrogens is 1. The molecule has 0 bridgehead atoms. The molecule has 5 heteroatoms. The fourth-order valence-corrected chi connectivity index (χ4v) is 6.68. The van der Waals surface area contributed by atoms with E-state index in [0.717, 1.165) is 24.8 Å². The first-order valence-corrected chi connectivity index (χ1v) is 12.9. The minimum absolute atomic E-state index is 0.00582. The van der Waals surface area contributed by atoms with Gasteiger partial charge in [-0.25, -0.2) is 0 Å². The summed E-state index contributed by atoms with van der Waals surface area (Å²) in [6.07, 6.45) is 5.20. The van der Waals surface area contributed by atoms with Gasteiger partial charge in [0.2, 0.25) is 0 Å². The quantitative estimate of drug-likeness (QED) is 0.590. The van der Waals surface area contributed by atoms with Gasteiger partial charge < -0.3 is 19.3 Å². The topological polar surface area (TPSA) is 40.9 Å². The lowest BCUT2D eigenvalue weighted by molar-refractivity contribution is 0.0409. The van der Waals surface area contributed by atoms with Crippen LogP contribution in [-0.4, -0.2) is 59.4 Å². The van der Waals surface area contributed by atoms with Crippen molar-refractivity contribution < 1.29 is 9.84 Å². The molecule has 2 fully saturated rings. The van der Waals surface area contributed by atoms with Crippen molar-refractivity contribution in [1.82, 2.24) is 14.4 Å². The average molecular weight is 460 g/mol. The third-order valence-electron chi connectivity index (χ3n) is 8.67. The SMILES string of the molecule is COc1ccc2c3c(n(C)c2c1)[C@@H](CO)N(Cc1ccccc1)CC31CCN(CC2CC2)CC1. The maximum atomic E-state index is 10.7. The van der Waals surface area contributed by atoms with Gasteiger partial charge in [-0.3, -0.25) is 4.90 Å². The summed E-state index contributed by atoms with van der Waals surface area (Å²) in [5, 5.41) is 12.0. The Kier molecular flexibility index (Phi) is 5.67. The molecule has 5 nitrogen and oxygen atoms in total. The molecule has 1 N–H and O–H groups in total. The second-order valence-corrected chi connectivity index (χ2v) is 10.8. The zero-order valence-electron chi connectivity index (χ0n) is 20.5. The first kappa shape index (κ1) is 22.1. The maximum Gasteiger partial charge on any atom is 0.120 e. The largest absolute Gasteiger partial charge is 0.497 e. The van der Waals surface area contributed by atoms with Crippen LogP contribution in [0.15, 0.2) is 48.5 Å². The Hall–Kier alpha value is -2.34. The number of aryl methyl sites for hydroxylation is 1. The number of ether oxygens (including phenoxy) is 1. The Labute approximate surface area is 202 Å². The summed E-state index contributed by atoms with van der Waals surface area (Å²) in [5.74, 6) is 1.83. The van der Waals surface area contributed by atoms with Gasteiger partial charge in [0.15, 0.2) is 0 Å². The number of hydrogen-bond donors (Lipinski definition) is 1. The number of methoxy groups -OCH3 is 1. The fraction of sp³-hybridized carbons (Fsp3) is 0.517. The lowest BCUT2D eigenvalue weighted by Gasteiger charge is -2.50. The van der Waals surface area contributed by atoms with Gasteiger partial charge in [-0.1, -0.05) is 30.3 Å². The van der Waals surface area contributed by atoms with Gasteiger partial charge >= 0.3 is 0 Å². The van der Waals surface area contributed by atoms with Gasteiger partial charge in [0, 0.05) is 49.2 Å². The highest BCUT2D eigenvalue weighted by molar-refractivity contribution is 5.88. The smallest absolute Gasteiger partial charge is 0.120 e. The molecule has 1 saturated carbocycles. The summed E-state index contributed by atoms with van der Waals surface area (Å²) in [5.41, 5.74) is 5.42. The van der Waals surface area contributed by atoms with Gasteiger partial charge in [0.05, 0.1) is 25.3 Å². The van der Waals surface area contributed by atoms with Gasteiger partial charge in [-0.05, 0) is 68.0 Å². The lowest BCUT2D eigenvalue weighted by Crippen LogP contribution is -2.54. The molecule has 180 valence electrons. The number of fused-ring (bicyclic) bond motifs is 4. The van der Waals surface area contributed by atoms with Crippen molar-refractivity contribution in [3.8, 4) is 5.75 Å². The van der Waals surface area contributed by atoms with E-state index in [-0.39, 0.29) is 18.1 Å². The number of benzene rings is 2. The van der Waals surface area contributed by atoms with Crippen LogP contribution in [-0.2, 0) is 19.0 Å². The molecule has 1 saturated heterocycles. The number of nitrogens with zero attached hydrogens (tertiary/aromatic N) is 3. The molecule has 3 aromatic rings. The molecule has 1 aromatic heterocycles. The fourth-order valence-electron chi connectivity index (χ4n) is 6.68. The van der Waals surface area contributed by atoms with E-state index in [1.165, 1.54) is 73.0 Å². The first-order chi connectivity index (χ1) is 16.6. The summed E-state index contributed by atoms with van der Waals surface area (Å²) in [7, 11) is 3.91. The summed E-state index contributed by atoms with van der Waals surface area (Å²) in [6.45, 7) is 5.62. The van der Waals surface area contributed by atoms with Crippen LogP contribution in [0.2, 0.25) is 0 Å². The van der Waals surface area contributed by atoms with Gasteiger partial charge in [0.1, 0.15) is 5.75 Å². The van der Waals surface area contributed by atoms with E-state index in [1.54, 1.807) is 7.11 Å². The first-order valence-electron chi connectivity index (χ1n) is 12.9. The van der Waals surface area contributed by atoms with Crippen LogP contribution >= 0.6 is 0 Å². The Morgan fingerprint density at radius 1 is 1.06 bits per heavy atom. The summed E-state index contributed by atoms with van der Waals surface area (Å²) in [4.78, 5) is 5.25. The standard InChI is InChI=1S/C29H37N3O2/c1-30-25-16-23(34-2)10-11-24(25)27-28(30)26(19-33)32(18-21-6-4-3-5-7-21)20-29(27)12-14-31(15-13-29)17-22-8-9-22/h3-7,10-11,16,22,26,33H,8-9,12-15,17-20H2,1-2H3/t26-/m1/s1. The summed E-state index contributed by atoms with van der Waals surface area (Å²) in [6, 6.07) is 17.3. The van der Waals surface area contributed by atoms with E-state index in [4.69, 9.17) is 4.74 Å². The predicted octanol–water partition coefficient (Wildman–Crippen LogP) is 4.48. The summed E-state index contributed by atoms with van der Waals surface area (Å²) < 4.78 is 7.91. The van der Waals surface area contributed by atoms with Crippen LogP contribution in [0.1, 0.15) is 48.5 Å². The normalized spacial score (nSPS) is 22.9. The minimum atomic E-state index is -0.00582. The van der Waals surface area contributed by atoms with Crippen molar-refractivity contribution in [1.29, 1.82) is 0 Å². The molecule has 1 spiro atoms. The van der Waals surface area contributed by atoms with Gasteiger partial charge in [-0.2, -0.15) is 0 Å². The van der Waals surface area contributed by atoms with Crippen molar-refractivity contribution >= 4 is 10.9 Å². The number of rotatable bonds is 6. The highest BCUT2D eigenvalue weighted by Gasteiger charge is 2.48. The minimum Gasteiger partial charge on any atom is -0.497 e. The number of hydrogen-bond acceptors (Lipinski definition) is 4. The number of likely N-dealkylation sites (tertiary alicyclic amines) is 1. The zero-order chi connectivity index (χ0) is 23.3. The molecular formula is C29H37N3O2. The molecule has 2 aromatic carbocycles. The molecule has 34 heavy (non-hydrogen) atoms. The van der Waals surface area contributed by atoms with E-state index in [2.05, 4.69) is 69.9 Å². The maximum absolute atomic E-state index is 10.7. The number of aliphatic hydroxyl groups is 1. The van der Waals surface area contributed by atoms with Crippen LogP contribution in [0.4, 0.5) is 0 Å². The molecule has 0 radical (unpaired) electrons. The second-order valence-electron chi connectivity index (χ2n) is 10.8. The molecular weight excluding hydrogens is 422 g/mol. The highest BCUT2D eigenvalue weighted by atomic mass is 16.5. The van der Waals surface area contributed by atoms with Crippen molar-refractivity contribution in [2.24, 2.45) is 13.0 Å². The van der Waals surface area contributed by atoms with E-state index in [9.17, 15) is 5.11 Å². The molecule has 6 rings (SSSR count). The van der Waals surface area contributed by atoms with E-state index >= 15 is 0 Å². The lowest BCUT2D eigenvalue weighted by atomic mass is 9.68. The molecule has 3 heterocycles. The van der Waals surface area contributed by atoms with Crippen molar-refractivity contribution in [3.05, 3.63) is 65.4 Å². The number of aliphatic hydroxyl groups excluding tert-OH is 1. The molecule has 3 aliphatic rings. The number of piperidine rings is 1. The molecule has 0 unspecified atom stereocenters. The van der Waals surface area contributed by atoms with E-state index in [0.29, 0.717) is 0 Å². The van der Waals surface area contributed by atoms with Gasteiger partial charge in [0.25, 0.3) is 0 Å². The van der Waals surface area contributed by atoms with Crippen LogP contribution in [0.25, 0.3) is 10.9 Å². The van der Waals surface area contributed by atoms with Crippen LogP contribution in [0.5, 0.6) is 5.75 Å². The summed E-state index contributed by atoms with van der Waals surface area (Å²) >= 11 is 0. The Bertz CT molecular complexity index is 1160.